The highest BCUT2D eigenvalue weighted by molar-refractivity contribution is 6.01. The first-order valence-electron chi connectivity index (χ1n) is 6.11. The molecule has 0 saturated carbocycles. The van der Waals surface area contributed by atoms with Gasteiger partial charge in [0.15, 0.2) is 0 Å². The van der Waals surface area contributed by atoms with E-state index in [1.165, 1.54) is 25.2 Å². The topological polar surface area (TPSA) is 105 Å². The van der Waals surface area contributed by atoms with Crippen LogP contribution in [0.1, 0.15) is 10.4 Å². The molecule has 0 saturated heterocycles. The van der Waals surface area contributed by atoms with Crippen LogP contribution in [-0.2, 0) is 0 Å². The van der Waals surface area contributed by atoms with Gasteiger partial charge in [0.25, 0.3) is 5.91 Å². The van der Waals surface area contributed by atoms with E-state index in [9.17, 15) is 4.79 Å². The number of hydrogen-bond donors (Lipinski definition) is 3. The summed E-state index contributed by atoms with van der Waals surface area (Å²) >= 11 is 0. The SMILES string of the molecule is COc1cc(OC)c(N)c(C(=O)N(CCO)CCO)c1. The molecule has 1 amide bonds. The summed E-state index contributed by atoms with van der Waals surface area (Å²) in [5.74, 6) is 0.371. The first-order chi connectivity index (χ1) is 9.58. The summed E-state index contributed by atoms with van der Waals surface area (Å²) in [6.45, 7) is -0.184. The molecule has 7 nitrogen and oxygen atoms in total. The number of benzene rings is 1. The third-order valence-corrected chi connectivity index (χ3v) is 2.83. The number of amides is 1. The first kappa shape index (κ1) is 16.1. The minimum Gasteiger partial charge on any atom is -0.497 e. The summed E-state index contributed by atoms with van der Waals surface area (Å²) in [6.07, 6.45) is 0. The number of aliphatic hydroxyl groups excluding tert-OH is 2. The van der Waals surface area contributed by atoms with Crippen LogP contribution in [0.4, 0.5) is 5.69 Å². The zero-order chi connectivity index (χ0) is 15.1. The van der Waals surface area contributed by atoms with Gasteiger partial charge >= 0.3 is 0 Å². The molecule has 0 aliphatic rings. The second-order valence-electron chi connectivity index (χ2n) is 4.03. The molecule has 20 heavy (non-hydrogen) atoms. The van der Waals surface area contributed by atoms with Gasteiger partial charge in [-0.3, -0.25) is 4.79 Å². The Hall–Kier alpha value is -1.99. The molecular formula is C13H20N2O5. The highest BCUT2D eigenvalue weighted by atomic mass is 16.5. The zero-order valence-corrected chi connectivity index (χ0v) is 11.6. The lowest BCUT2D eigenvalue weighted by Gasteiger charge is -2.22. The molecule has 0 unspecified atom stereocenters. The van der Waals surface area contributed by atoms with Gasteiger partial charge in [0.2, 0.25) is 0 Å². The standard InChI is InChI=1S/C13H20N2O5/c1-19-9-7-10(12(14)11(8-9)20-2)13(18)15(3-5-16)4-6-17/h7-8,16-17H,3-6,14H2,1-2H3. The maximum absolute atomic E-state index is 12.4. The highest BCUT2D eigenvalue weighted by Crippen LogP contribution is 2.31. The Kier molecular flexibility index (Phi) is 6.08. The van der Waals surface area contributed by atoms with Crippen LogP contribution in [0.25, 0.3) is 0 Å². The Morgan fingerprint density at radius 3 is 2.25 bits per heavy atom. The van der Waals surface area contributed by atoms with Crippen molar-refractivity contribution in [2.75, 3.05) is 46.3 Å². The van der Waals surface area contributed by atoms with Crippen molar-refractivity contribution >= 4 is 11.6 Å². The van der Waals surface area contributed by atoms with Crippen molar-refractivity contribution in [3.05, 3.63) is 17.7 Å². The summed E-state index contributed by atoms with van der Waals surface area (Å²) in [7, 11) is 2.91. The first-order valence-corrected chi connectivity index (χ1v) is 6.11. The maximum Gasteiger partial charge on any atom is 0.256 e. The monoisotopic (exact) mass is 284 g/mol. The second kappa shape index (κ2) is 7.56. The molecule has 0 atom stereocenters. The largest absolute Gasteiger partial charge is 0.497 e. The Bertz CT molecular complexity index is 458. The molecule has 1 rings (SSSR count). The summed E-state index contributed by atoms with van der Waals surface area (Å²) < 4.78 is 10.2. The van der Waals surface area contributed by atoms with Crippen LogP contribution < -0.4 is 15.2 Å². The number of nitrogen functional groups attached to an aromatic ring is 1. The van der Waals surface area contributed by atoms with E-state index < -0.39 is 5.91 Å². The average Bonchev–Trinajstić information content (AvgIpc) is 2.46. The quantitative estimate of drug-likeness (QED) is 0.594. The fraction of sp³-hybridized carbons (Fsp3) is 0.462. The predicted octanol–water partition coefficient (Wildman–Crippen LogP) is -0.287. The third-order valence-electron chi connectivity index (χ3n) is 2.83. The smallest absolute Gasteiger partial charge is 0.256 e. The average molecular weight is 284 g/mol. The Labute approximate surface area is 117 Å². The molecule has 7 heteroatoms. The van der Waals surface area contributed by atoms with E-state index in [2.05, 4.69) is 0 Å². The lowest BCUT2D eigenvalue weighted by atomic mass is 10.1. The van der Waals surface area contributed by atoms with Crippen molar-refractivity contribution in [3.8, 4) is 11.5 Å². The highest BCUT2D eigenvalue weighted by Gasteiger charge is 2.21. The number of methoxy groups -OCH3 is 2. The van der Waals surface area contributed by atoms with Gasteiger partial charge in [-0.05, 0) is 6.07 Å². The maximum atomic E-state index is 12.4. The van der Waals surface area contributed by atoms with Crippen LogP contribution in [0.15, 0.2) is 12.1 Å². The summed E-state index contributed by atoms with van der Waals surface area (Å²) in [5, 5.41) is 17.9. The van der Waals surface area contributed by atoms with Gasteiger partial charge in [0.1, 0.15) is 11.5 Å². The summed E-state index contributed by atoms with van der Waals surface area (Å²) in [4.78, 5) is 13.7. The second-order valence-corrected chi connectivity index (χ2v) is 4.03. The number of nitrogens with zero attached hydrogens (tertiary/aromatic N) is 1. The van der Waals surface area contributed by atoms with E-state index in [1.54, 1.807) is 6.07 Å². The van der Waals surface area contributed by atoms with Gasteiger partial charge < -0.3 is 30.3 Å². The molecule has 4 N–H and O–H groups in total. The van der Waals surface area contributed by atoms with Gasteiger partial charge in [-0.25, -0.2) is 0 Å². The van der Waals surface area contributed by atoms with Crippen molar-refractivity contribution < 1.29 is 24.5 Å². The molecule has 0 radical (unpaired) electrons. The van der Waals surface area contributed by atoms with Crippen molar-refractivity contribution in [1.82, 2.24) is 4.90 Å². The van der Waals surface area contributed by atoms with Crippen LogP contribution in [0, 0.1) is 0 Å². The molecule has 0 spiro atoms. The number of ether oxygens (including phenoxy) is 2. The molecule has 0 aromatic heterocycles. The van der Waals surface area contributed by atoms with Crippen molar-refractivity contribution in [2.45, 2.75) is 0 Å². The van der Waals surface area contributed by atoms with E-state index in [-0.39, 0.29) is 37.6 Å². The third kappa shape index (κ3) is 3.52. The number of nitrogens with two attached hydrogens (primary N) is 1. The predicted molar refractivity (Wildman–Crippen MR) is 74.0 cm³/mol. The summed E-state index contributed by atoms with van der Waals surface area (Å²) in [6, 6.07) is 3.08. The number of anilines is 1. The molecule has 0 aliphatic carbocycles. The van der Waals surface area contributed by atoms with Crippen molar-refractivity contribution in [3.63, 3.8) is 0 Å². The van der Waals surface area contributed by atoms with Crippen LogP contribution in [0.2, 0.25) is 0 Å². The zero-order valence-electron chi connectivity index (χ0n) is 11.6. The summed E-state index contributed by atoms with van der Waals surface area (Å²) in [5.41, 5.74) is 6.30. The number of rotatable bonds is 7. The number of aliphatic hydroxyl groups is 2. The van der Waals surface area contributed by atoms with E-state index in [1.807, 2.05) is 0 Å². The van der Waals surface area contributed by atoms with Crippen LogP contribution in [-0.4, -0.2) is 61.5 Å². The minimum atomic E-state index is -0.400. The number of carbonyl (C=O) groups is 1. The number of hydrogen-bond acceptors (Lipinski definition) is 6. The van der Waals surface area contributed by atoms with Gasteiger partial charge in [0.05, 0.1) is 38.7 Å². The van der Waals surface area contributed by atoms with Gasteiger partial charge in [0, 0.05) is 19.2 Å². The molecule has 0 heterocycles. The molecule has 1 aromatic rings. The van der Waals surface area contributed by atoms with Crippen LogP contribution in [0.5, 0.6) is 11.5 Å². The minimum absolute atomic E-state index is 0.109. The van der Waals surface area contributed by atoms with E-state index in [4.69, 9.17) is 25.4 Å². The van der Waals surface area contributed by atoms with Gasteiger partial charge in [-0.15, -0.1) is 0 Å². The van der Waals surface area contributed by atoms with Gasteiger partial charge in [-0.1, -0.05) is 0 Å². The Morgan fingerprint density at radius 2 is 1.80 bits per heavy atom. The van der Waals surface area contributed by atoms with Crippen LogP contribution >= 0.6 is 0 Å². The van der Waals surface area contributed by atoms with Crippen LogP contribution in [0.3, 0.4) is 0 Å². The lowest BCUT2D eigenvalue weighted by Crippen LogP contribution is -2.36. The Morgan fingerprint density at radius 1 is 1.20 bits per heavy atom. The molecular weight excluding hydrogens is 264 g/mol. The lowest BCUT2D eigenvalue weighted by molar-refractivity contribution is 0.0685. The molecule has 1 aromatic carbocycles. The van der Waals surface area contributed by atoms with E-state index >= 15 is 0 Å². The van der Waals surface area contributed by atoms with E-state index in [0.29, 0.717) is 11.5 Å². The normalized spacial score (nSPS) is 10.2. The van der Waals surface area contributed by atoms with Crippen molar-refractivity contribution in [1.29, 1.82) is 0 Å². The fourth-order valence-electron chi connectivity index (χ4n) is 1.79. The molecule has 112 valence electrons. The van der Waals surface area contributed by atoms with Gasteiger partial charge in [-0.2, -0.15) is 0 Å². The molecule has 0 bridgehead atoms. The number of carbonyl (C=O) groups excluding carboxylic acids is 1. The molecule has 0 aliphatic heterocycles. The molecule has 0 fully saturated rings. The van der Waals surface area contributed by atoms with Crippen molar-refractivity contribution in [2.24, 2.45) is 0 Å². The fourth-order valence-corrected chi connectivity index (χ4v) is 1.79. The Balaban J connectivity index is 3.18. The van der Waals surface area contributed by atoms with E-state index in [0.717, 1.165) is 0 Å².